The van der Waals surface area contributed by atoms with E-state index in [1.165, 1.54) is 6.42 Å². The maximum absolute atomic E-state index is 13.1. The number of methoxy groups -OCH3 is 2. The van der Waals surface area contributed by atoms with Gasteiger partial charge in [0.15, 0.2) is 0 Å². The van der Waals surface area contributed by atoms with Crippen molar-refractivity contribution in [1.29, 1.82) is 0 Å². The quantitative estimate of drug-likeness (QED) is 0.722. The van der Waals surface area contributed by atoms with Crippen LogP contribution in [0.3, 0.4) is 0 Å². The maximum Gasteiger partial charge on any atom is 0.251 e. The minimum atomic E-state index is -0.272. The van der Waals surface area contributed by atoms with Crippen LogP contribution in [0.5, 0.6) is 11.5 Å². The highest BCUT2D eigenvalue weighted by Gasteiger charge is 2.58. The molecular weight excluding hydrogens is 404 g/mol. The van der Waals surface area contributed by atoms with Crippen molar-refractivity contribution in [3.05, 3.63) is 59.7 Å². The van der Waals surface area contributed by atoms with E-state index in [0.29, 0.717) is 34.5 Å². The first-order valence-corrected chi connectivity index (χ1v) is 11.3. The third kappa shape index (κ3) is 3.83. The number of hydrogen-bond acceptors (Lipinski definition) is 4. The molecule has 2 amide bonds. The molecule has 4 fully saturated rings. The summed E-state index contributed by atoms with van der Waals surface area (Å²) in [6, 6.07) is 14.5. The van der Waals surface area contributed by atoms with Crippen LogP contribution in [0, 0.1) is 11.8 Å². The first-order valence-electron chi connectivity index (χ1n) is 11.3. The van der Waals surface area contributed by atoms with E-state index in [-0.39, 0.29) is 22.9 Å². The Labute approximate surface area is 188 Å². The van der Waals surface area contributed by atoms with Crippen LogP contribution in [0.4, 0.5) is 0 Å². The highest BCUT2D eigenvalue weighted by molar-refractivity contribution is 5.96. The smallest absolute Gasteiger partial charge is 0.251 e. The molecule has 0 spiro atoms. The van der Waals surface area contributed by atoms with Gasteiger partial charge >= 0.3 is 0 Å². The number of benzene rings is 2. The van der Waals surface area contributed by atoms with Crippen molar-refractivity contribution < 1.29 is 19.1 Å². The van der Waals surface area contributed by atoms with Gasteiger partial charge in [-0.1, -0.05) is 12.1 Å². The monoisotopic (exact) mass is 434 g/mol. The minimum Gasteiger partial charge on any atom is -0.497 e. The molecule has 6 rings (SSSR count). The van der Waals surface area contributed by atoms with Gasteiger partial charge in [0, 0.05) is 22.2 Å². The normalized spacial score (nSPS) is 29.9. The van der Waals surface area contributed by atoms with Gasteiger partial charge < -0.3 is 20.1 Å². The van der Waals surface area contributed by atoms with Gasteiger partial charge in [-0.15, -0.1) is 0 Å². The van der Waals surface area contributed by atoms with Gasteiger partial charge in [0.05, 0.1) is 14.2 Å². The molecule has 0 unspecified atom stereocenters. The summed E-state index contributed by atoms with van der Waals surface area (Å²) in [5.41, 5.74) is 0.668. The Balaban J connectivity index is 1.36. The highest BCUT2D eigenvalue weighted by Crippen LogP contribution is 2.57. The van der Waals surface area contributed by atoms with Crippen LogP contribution in [-0.4, -0.2) is 37.1 Å². The second-order valence-electron chi connectivity index (χ2n) is 9.89. The molecule has 0 radical (unpaired) electrons. The summed E-state index contributed by atoms with van der Waals surface area (Å²) in [5.74, 6) is 2.25. The van der Waals surface area contributed by atoms with Crippen molar-refractivity contribution in [2.45, 2.75) is 49.6 Å². The Hall–Kier alpha value is -3.02. The Morgan fingerprint density at radius 1 is 0.781 bits per heavy atom. The molecule has 6 nitrogen and oxygen atoms in total. The molecule has 2 aromatic carbocycles. The molecule has 4 saturated carbocycles. The van der Waals surface area contributed by atoms with Gasteiger partial charge in [-0.2, -0.15) is 0 Å². The predicted molar refractivity (Wildman–Crippen MR) is 121 cm³/mol. The van der Waals surface area contributed by atoms with E-state index in [1.807, 2.05) is 36.4 Å². The molecule has 4 bridgehead atoms. The van der Waals surface area contributed by atoms with Gasteiger partial charge in [0.25, 0.3) is 11.8 Å². The van der Waals surface area contributed by atoms with E-state index in [2.05, 4.69) is 10.6 Å². The van der Waals surface area contributed by atoms with Crippen LogP contribution in [0.15, 0.2) is 48.5 Å². The summed E-state index contributed by atoms with van der Waals surface area (Å²) in [4.78, 5) is 26.3. The van der Waals surface area contributed by atoms with Gasteiger partial charge in [-0.3, -0.25) is 9.59 Å². The first-order chi connectivity index (χ1) is 15.4. The lowest BCUT2D eigenvalue weighted by molar-refractivity contribution is -0.0448. The molecule has 0 aromatic heterocycles. The van der Waals surface area contributed by atoms with E-state index in [1.54, 1.807) is 26.4 Å². The molecular formula is C26H30N2O4. The lowest BCUT2D eigenvalue weighted by atomic mass is 9.49. The topological polar surface area (TPSA) is 76.7 Å². The SMILES string of the molecule is COc1cccc(C(=O)NC23CC4CC(C2)CC(NC(=O)c2cccc(OC)c2)(C4)C3)c1. The lowest BCUT2D eigenvalue weighted by Gasteiger charge is -2.62. The molecule has 2 aromatic rings. The molecule has 0 aliphatic heterocycles. The molecule has 2 N–H and O–H groups in total. The predicted octanol–water partition coefficient (Wildman–Crippen LogP) is 3.96. The molecule has 0 atom stereocenters. The van der Waals surface area contributed by atoms with Crippen LogP contribution in [0.25, 0.3) is 0 Å². The largest absolute Gasteiger partial charge is 0.497 e. The molecule has 4 aliphatic carbocycles. The number of hydrogen-bond donors (Lipinski definition) is 2. The van der Waals surface area contributed by atoms with Gasteiger partial charge in [-0.25, -0.2) is 0 Å². The van der Waals surface area contributed by atoms with Crippen LogP contribution in [-0.2, 0) is 0 Å². The van der Waals surface area contributed by atoms with Gasteiger partial charge in [-0.05, 0) is 86.8 Å². The van der Waals surface area contributed by atoms with Gasteiger partial charge in [0.2, 0.25) is 0 Å². The Bertz CT molecular complexity index is 956. The summed E-state index contributed by atoms with van der Waals surface area (Å²) < 4.78 is 10.6. The van der Waals surface area contributed by atoms with Crippen LogP contribution < -0.4 is 20.1 Å². The number of ether oxygens (including phenoxy) is 2. The molecule has 0 heterocycles. The van der Waals surface area contributed by atoms with Crippen molar-refractivity contribution >= 4 is 11.8 Å². The molecule has 32 heavy (non-hydrogen) atoms. The van der Waals surface area contributed by atoms with Crippen molar-refractivity contribution in [2.24, 2.45) is 11.8 Å². The summed E-state index contributed by atoms with van der Waals surface area (Å²) >= 11 is 0. The highest BCUT2D eigenvalue weighted by atomic mass is 16.5. The second kappa shape index (κ2) is 7.84. The number of amides is 2. The molecule has 4 aliphatic rings. The average Bonchev–Trinajstić information content (AvgIpc) is 2.77. The minimum absolute atomic E-state index is 0.0693. The average molecular weight is 435 g/mol. The lowest BCUT2D eigenvalue weighted by Crippen LogP contribution is -2.69. The van der Waals surface area contributed by atoms with Crippen molar-refractivity contribution in [3.63, 3.8) is 0 Å². The fourth-order valence-electron chi connectivity index (χ4n) is 6.71. The van der Waals surface area contributed by atoms with E-state index < -0.39 is 0 Å². The Morgan fingerprint density at radius 2 is 1.22 bits per heavy atom. The third-order valence-electron chi connectivity index (χ3n) is 7.48. The van der Waals surface area contributed by atoms with Gasteiger partial charge in [0.1, 0.15) is 11.5 Å². The number of nitrogens with one attached hydrogen (secondary N) is 2. The summed E-state index contributed by atoms with van der Waals surface area (Å²) in [5, 5.41) is 6.76. The van der Waals surface area contributed by atoms with Crippen LogP contribution in [0.2, 0.25) is 0 Å². The third-order valence-corrected chi connectivity index (χ3v) is 7.48. The molecule has 0 saturated heterocycles. The summed E-state index contributed by atoms with van der Waals surface area (Å²) in [6.07, 6.45) is 5.89. The summed E-state index contributed by atoms with van der Waals surface area (Å²) in [7, 11) is 3.20. The number of rotatable bonds is 6. The van der Waals surface area contributed by atoms with E-state index in [9.17, 15) is 9.59 Å². The van der Waals surface area contributed by atoms with E-state index in [4.69, 9.17) is 9.47 Å². The van der Waals surface area contributed by atoms with Crippen LogP contribution in [0.1, 0.15) is 59.2 Å². The zero-order chi connectivity index (χ0) is 22.3. The van der Waals surface area contributed by atoms with Crippen LogP contribution >= 0.6 is 0 Å². The number of carbonyl (C=O) groups is 2. The second-order valence-corrected chi connectivity index (χ2v) is 9.89. The molecule has 168 valence electrons. The summed E-state index contributed by atoms with van der Waals surface area (Å²) in [6.45, 7) is 0. The maximum atomic E-state index is 13.1. The molecule has 6 heteroatoms. The van der Waals surface area contributed by atoms with E-state index >= 15 is 0 Å². The zero-order valence-electron chi connectivity index (χ0n) is 18.6. The first kappa shape index (κ1) is 20.9. The fourth-order valence-corrected chi connectivity index (χ4v) is 6.71. The fraction of sp³-hybridized carbons (Fsp3) is 0.462. The standard InChI is InChI=1S/C26H30N2O4/c1-31-21-7-3-5-19(10-21)23(29)27-25-12-17-9-18(13-25)15-26(14-17,16-25)28-24(30)20-6-4-8-22(11-20)32-2/h3-8,10-11,17-18H,9,12-16H2,1-2H3,(H,27,29)(H,28,30). The zero-order valence-corrected chi connectivity index (χ0v) is 18.6. The Morgan fingerprint density at radius 3 is 1.62 bits per heavy atom. The number of carbonyl (C=O) groups excluding carboxylic acids is 2. The Kier molecular flexibility index (Phi) is 5.11. The van der Waals surface area contributed by atoms with Crippen molar-refractivity contribution in [3.8, 4) is 11.5 Å². The van der Waals surface area contributed by atoms with E-state index in [0.717, 1.165) is 32.1 Å². The van der Waals surface area contributed by atoms with Crippen molar-refractivity contribution in [1.82, 2.24) is 10.6 Å². The van der Waals surface area contributed by atoms with Crippen molar-refractivity contribution in [2.75, 3.05) is 14.2 Å².